The number of rotatable bonds is 13. The van der Waals surface area contributed by atoms with E-state index in [0.717, 1.165) is 0 Å². The van der Waals surface area contributed by atoms with Gasteiger partial charge in [-0.15, -0.1) is 0 Å². The van der Waals surface area contributed by atoms with Crippen molar-refractivity contribution in [2.24, 2.45) is 11.7 Å². The predicted octanol–water partition coefficient (Wildman–Crippen LogP) is -1.10. The molecule has 0 bridgehead atoms. The number of nitrogens with two attached hydrogens (primary N) is 1. The normalized spacial score (nSPS) is 16.5. The average molecular weight is 481 g/mol. The van der Waals surface area contributed by atoms with Gasteiger partial charge in [-0.2, -0.15) is 0 Å². The molecule has 0 saturated carbocycles. The Bertz CT molecular complexity index is 830. The van der Waals surface area contributed by atoms with Crippen LogP contribution in [-0.2, 0) is 25.6 Å². The van der Waals surface area contributed by atoms with E-state index in [-0.39, 0.29) is 18.8 Å². The molecule has 0 aliphatic rings. The van der Waals surface area contributed by atoms with Gasteiger partial charge in [-0.3, -0.25) is 14.4 Å². The van der Waals surface area contributed by atoms with E-state index in [1.165, 1.54) is 13.8 Å². The van der Waals surface area contributed by atoms with Gasteiger partial charge in [0.05, 0.1) is 12.2 Å². The fourth-order valence-corrected chi connectivity index (χ4v) is 3.16. The molecule has 0 fully saturated rings. The van der Waals surface area contributed by atoms with E-state index >= 15 is 0 Å². The molecule has 11 nitrogen and oxygen atoms in total. The third-order valence-corrected chi connectivity index (χ3v) is 5.12. The van der Waals surface area contributed by atoms with Gasteiger partial charge < -0.3 is 37.0 Å². The summed E-state index contributed by atoms with van der Waals surface area (Å²) in [4.78, 5) is 49.7. The van der Waals surface area contributed by atoms with Crippen LogP contribution in [0, 0.1) is 5.92 Å². The molecule has 0 aliphatic carbocycles. The largest absolute Gasteiger partial charge is 0.480 e. The zero-order valence-electron chi connectivity index (χ0n) is 19.9. The van der Waals surface area contributed by atoms with Crippen molar-refractivity contribution in [2.75, 3.05) is 0 Å². The fourth-order valence-electron chi connectivity index (χ4n) is 3.16. The van der Waals surface area contributed by atoms with E-state index < -0.39 is 60.1 Å². The Hall–Kier alpha value is -3.02. The van der Waals surface area contributed by atoms with Crippen LogP contribution in [0.2, 0.25) is 0 Å². The monoisotopic (exact) mass is 480 g/mol. The average Bonchev–Trinajstić information content (AvgIpc) is 2.75. The molecular formula is C23H36N4O7. The highest BCUT2D eigenvalue weighted by atomic mass is 16.4. The number of aliphatic hydroxyl groups is 2. The molecule has 11 heteroatoms. The van der Waals surface area contributed by atoms with Gasteiger partial charge in [0.25, 0.3) is 0 Å². The first-order chi connectivity index (χ1) is 15.8. The lowest BCUT2D eigenvalue weighted by Gasteiger charge is -2.27. The van der Waals surface area contributed by atoms with Crippen molar-refractivity contribution < 1.29 is 34.5 Å². The zero-order chi connectivity index (χ0) is 26.0. The molecule has 190 valence electrons. The first-order valence-corrected chi connectivity index (χ1v) is 11.1. The van der Waals surface area contributed by atoms with Gasteiger partial charge in [0.1, 0.15) is 24.2 Å². The second-order valence-corrected chi connectivity index (χ2v) is 8.77. The molecule has 1 rings (SSSR count). The number of hydrogen-bond donors (Lipinski definition) is 7. The number of aliphatic carboxylic acids is 1. The number of benzene rings is 1. The van der Waals surface area contributed by atoms with E-state index in [0.29, 0.717) is 5.56 Å². The summed E-state index contributed by atoms with van der Waals surface area (Å²) in [5.74, 6) is -3.65. The first kappa shape index (κ1) is 29.0. The van der Waals surface area contributed by atoms with E-state index in [1.807, 2.05) is 13.8 Å². The highest BCUT2D eigenvalue weighted by Gasteiger charge is 2.33. The Labute approximate surface area is 199 Å². The number of aliphatic hydroxyl groups excluding tert-OH is 2. The van der Waals surface area contributed by atoms with Gasteiger partial charge in [0.15, 0.2) is 0 Å². The second kappa shape index (κ2) is 13.6. The third kappa shape index (κ3) is 9.46. The lowest BCUT2D eigenvalue weighted by Crippen LogP contribution is -2.61. The van der Waals surface area contributed by atoms with Crippen molar-refractivity contribution in [3.63, 3.8) is 0 Å². The van der Waals surface area contributed by atoms with Gasteiger partial charge in [-0.05, 0) is 31.7 Å². The smallest absolute Gasteiger partial charge is 0.326 e. The Morgan fingerprint density at radius 1 is 0.824 bits per heavy atom. The molecule has 3 amide bonds. The molecule has 0 spiro atoms. The predicted molar refractivity (Wildman–Crippen MR) is 124 cm³/mol. The van der Waals surface area contributed by atoms with Gasteiger partial charge in [-0.25, -0.2) is 4.79 Å². The molecule has 0 heterocycles. The van der Waals surface area contributed by atoms with Crippen LogP contribution in [0.5, 0.6) is 0 Å². The van der Waals surface area contributed by atoms with Gasteiger partial charge in [0.2, 0.25) is 17.7 Å². The van der Waals surface area contributed by atoms with Crippen LogP contribution in [0.25, 0.3) is 0 Å². The second-order valence-electron chi connectivity index (χ2n) is 8.77. The summed E-state index contributed by atoms with van der Waals surface area (Å²) in [6, 6.07) is 3.63. The molecule has 1 aromatic rings. The van der Waals surface area contributed by atoms with E-state index in [2.05, 4.69) is 16.0 Å². The topological polar surface area (TPSA) is 191 Å². The molecule has 6 unspecified atom stereocenters. The number of carbonyl (C=O) groups excluding carboxylic acids is 3. The van der Waals surface area contributed by atoms with Crippen molar-refractivity contribution in [2.45, 2.75) is 76.9 Å². The van der Waals surface area contributed by atoms with Crippen LogP contribution in [0.3, 0.4) is 0 Å². The highest BCUT2D eigenvalue weighted by Crippen LogP contribution is 2.09. The van der Waals surface area contributed by atoms with Gasteiger partial charge in [-0.1, -0.05) is 44.2 Å². The maximum atomic E-state index is 13.0. The van der Waals surface area contributed by atoms with Crippen LogP contribution >= 0.6 is 0 Å². The molecule has 0 saturated heterocycles. The summed E-state index contributed by atoms with van der Waals surface area (Å²) in [6.07, 6.45) is -2.31. The van der Waals surface area contributed by atoms with Crippen LogP contribution in [-0.4, -0.2) is 75.4 Å². The van der Waals surface area contributed by atoms with Crippen LogP contribution in [0.1, 0.15) is 39.7 Å². The number of hydrogen-bond acceptors (Lipinski definition) is 7. The Morgan fingerprint density at radius 3 is 1.85 bits per heavy atom. The van der Waals surface area contributed by atoms with Gasteiger partial charge in [0, 0.05) is 6.42 Å². The lowest BCUT2D eigenvalue weighted by molar-refractivity contribution is -0.143. The molecule has 0 aliphatic heterocycles. The molecule has 1 aromatic carbocycles. The molecular weight excluding hydrogens is 444 g/mol. The van der Waals surface area contributed by atoms with E-state index in [1.54, 1.807) is 30.3 Å². The molecule has 8 N–H and O–H groups in total. The summed E-state index contributed by atoms with van der Waals surface area (Å²) in [6.45, 7) is 6.21. The third-order valence-electron chi connectivity index (χ3n) is 5.12. The summed E-state index contributed by atoms with van der Waals surface area (Å²) < 4.78 is 0. The number of carboxylic acids is 1. The summed E-state index contributed by atoms with van der Waals surface area (Å²) in [7, 11) is 0. The molecule has 34 heavy (non-hydrogen) atoms. The number of carboxylic acid groups (broad SMARTS) is 1. The highest BCUT2D eigenvalue weighted by molar-refractivity contribution is 5.94. The fraction of sp³-hybridized carbons (Fsp3) is 0.565. The molecule has 0 radical (unpaired) electrons. The molecule has 6 atom stereocenters. The summed E-state index contributed by atoms with van der Waals surface area (Å²) in [5, 5.41) is 36.3. The minimum atomic E-state index is -1.46. The first-order valence-electron chi connectivity index (χ1n) is 11.1. The van der Waals surface area contributed by atoms with Crippen molar-refractivity contribution in [3.8, 4) is 0 Å². The van der Waals surface area contributed by atoms with E-state index in [4.69, 9.17) is 5.73 Å². The number of amides is 3. The zero-order valence-corrected chi connectivity index (χ0v) is 19.9. The molecule has 0 aromatic heterocycles. The number of nitrogens with one attached hydrogen (secondary N) is 3. The van der Waals surface area contributed by atoms with Crippen molar-refractivity contribution >= 4 is 23.7 Å². The maximum Gasteiger partial charge on any atom is 0.326 e. The Kier molecular flexibility index (Phi) is 11.6. The maximum absolute atomic E-state index is 13.0. The lowest BCUT2D eigenvalue weighted by atomic mass is 10.0. The standard InChI is InChI=1S/C23H36N4O7/c1-12(2)10-17(23(33)34)26-20(30)16(11-15-8-6-5-7-9-15)25-22(32)19(14(4)29)27-21(31)18(24)13(3)28/h5-9,12-14,16-19,28-29H,10-11,24H2,1-4H3,(H,25,32)(H,26,30)(H,27,31)(H,33,34). The SMILES string of the molecule is CC(C)CC(NC(=O)C(Cc1ccccc1)NC(=O)C(NC(=O)C(N)C(C)O)C(C)O)C(=O)O. The summed E-state index contributed by atoms with van der Waals surface area (Å²) >= 11 is 0. The van der Waals surface area contributed by atoms with E-state index in [9.17, 15) is 34.5 Å². The van der Waals surface area contributed by atoms with Crippen molar-refractivity contribution in [1.82, 2.24) is 16.0 Å². The Balaban J connectivity index is 3.10. The van der Waals surface area contributed by atoms with Crippen LogP contribution in [0.15, 0.2) is 30.3 Å². The van der Waals surface area contributed by atoms with Crippen molar-refractivity contribution in [1.29, 1.82) is 0 Å². The van der Waals surface area contributed by atoms with Gasteiger partial charge >= 0.3 is 5.97 Å². The minimum Gasteiger partial charge on any atom is -0.480 e. The quantitative estimate of drug-likeness (QED) is 0.185. The van der Waals surface area contributed by atoms with Crippen LogP contribution in [0.4, 0.5) is 0 Å². The minimum absolute atomic E-state index is 0.00322. The van der Waals surface area contributed by atoms with Crippen molar-refractivity contribution in [3.05, 3.63) is 35.9 Å². The number of carbonyl (C=O) groups is 4. The van der Waals surface area contributed by atoms with Crippen LogP contribution < -0.4 is 21.7 Å². The summed E-state index contributed by atoms with van der Waals surface area (Å²) in [5.41, 5.74) is 6.29. The Morgan fingerprint density at radius 2 is 1.38 bits per heavy atom.